The minimum Gasteiger partial charge on any atom is -0.303 e. The number of aldehydes is 1. The fourth-order valence-corrected chi connectivity index (χ4v) is 3.68. The van der Waals surface area contributed by atoms with Gasteiger partial charge in [-0.3, -0.25) is 4.79 Å². The van der Waals surface area contributed by atoms with Crippen molar-refractivity contribution in [1.82, 2.24) is 0 Å². The van der Waals surface area contributed by atoms with Gasteiger partial charge in [-0.2, -0.15) is 0 Å². The molecule has 2 aromatic carbocycles. The van der Waals surface area contributed by atoms with E-state index >= 15 is 0 Å². The van der Waals surface area contributed by atoms with Crippen LogP contribution in [0.5, 0.6) is 0 Å². The Bertz CT molecular complexity index is 851. The molecule has 0 saturated heterocycles. The average molecular weight is 391 g/mol. The first-order valence-corrected chi connectivity index (χ1v) is 10.4. The van der Waals surface area contributed by atoms with Crippen LogP contribution in [0.15, 0.2) is 55.1 Å². The van der Waals surface area contributed by atoms with Crippen molar-refractivity contribution >= 4 is 17.6 Å². The average Bonchev–Trinajstić information content (AvgIpc) is 2.68. The van der Waals surface area contributed by atoms with E-state index in [1.165, 1.54) is 5.56 Å². The molecule has 0 spiro atoms. The zero-order valence-corrected chi connectivity index (χ0v) is 18.7. The van der Waals surface area contributed by atoms with E-state index in [0.717, 1.165) is 28.5 Å². The Morgan fingerprint density at radius 2 is 1.55 bits per heavy atom. The van der Waals surface area contributed by atoms with E-state index < -0.39 is 5.92 Å². The van der Waals surface area contributed by atoms with E-state index in [9.17, 15) is 9.59 Å². The van der Waals surface area contributed by atoms with Crippen molar-refractivity contribution in [2.24, 2.45) is 11.8 Å². The van der Waals surface area contributed by atoms with Crippen LogP contribution in [0.25, 0.3) is 5.57 Å². The Labute approximate surface area is 176 Å². The van der Waals surface area contributed by atoms with Gasteiger partial charge in [0.2, 0.25) is 0 Å². The molecule has 3 unspecified atom stereocenters. The summed E-state index contributed by atoms with van der Waals surface area (Å²) in [6, 6.07) is 16.4. The molecule has 0 aromatic heterocycles. The van der Waals surface area contributed by atoms with Gasteiger partial charge in [-0.05, 0) is 41.0 Å². The van der Waals surface area contributed by atoms with E-state index in [2.05, 4.69) is 51.6 Å². The normalized spacial score (nSPS) is 14.7. The van der Waals surface area contributed by atoms with Gasteiger partial charge in [0.15, 0.2) is 0 Å². The van der Waals surface area contributed by atoms with Gasteiger partial charge < -0.3 is 4.79 Å². The molecule has 0 bridgehead atoms. The molecule has 0 heterocycles. The summed E-state index contributed by atoms with van der Waals surface area (Å²) in [5, 5.41) is 0. The van der Waals surface area contributed by atoms with Gasteiger partial charge in [0.25, 0.3) is 0 Å². The van der Waals surface area contributed by atoms with Gasteiger partial charge in [-0.15, -0.1) is 0 Å². The Morgan fingerprint density at radius 3 is 2.00 bits per heavy atom. The van der Waals surface area contributed by atoms with Gasteiger partial charge in [0.05, 0.1) is 5.92 Å². The van der Waals surface area contributed by atoms with Crippen LogP contribution in [0.4, 0.5) is 0 Å². The monoisotopic (exact) mass is 390 g/mol. The van der Waals surface area contributed by atoms with Crippen molar-refractivity contribution in [1.29, 1.82) is 0 Å². The van der Waals surface area contributed by atoms with Crippen LogP contribution in [-0.2, 0) is 21.4 Å². The molecule has 0 saturated carbocycles. The third kappa shape index (κ3) is 5.76. The van der Waals surface area contributed by atoms with E-state index in [1.54, 1.807) is 0 Å². The third-order valence-electron chi connectivity index (χ3n) is 5.66. The summed E-state index contributed by atoms with van der Waals surface area (Å²) >= 11 is 0. The summed E-state index contributed by atoms with van der Waals surface area (Å²) < 4.78 is 0. The number of benzene rings is 2. The number of carbonyl (C=O) groups is 2. The van der Waals surface area contributed by atoms with E-state index in [4.69, 9.17) is 0 Å². The Kier molecular flexibility index (Phi) is 7.35. The second-order valence-corrected chi connectivity index (χ2v) is 9.33. The first kappa shape index (κ1) is 22.8. The van der Waals surface area contributed by atoms with Crippen molar-refractivity contribution in [3.8, 4) is 0 Å². The van der Waals surface area contributed by atoms with Gasteiger partial charge in [-0.1, -0.05) is 95.3 Å². The molecule has 0 aliphatic heterocycles. The molecule has 2 rings (SSSR count). The van der Waals surface area contributed by atoms with Crippen LogP contribution in [0.2, 0.25) is 0 Å². The van der Waals surface area contributed by atoms with Crippen molar-refractivity contribution in [2.75, 3.05) is 0 Å². The maximum absolute atomic E-state index is 13.3. The fraction of sp³-hybridized carbons (Fsp3) is 0.407. The molecule has 0 aliphatic rings. The summed E-state index contributed by atoms with van der Waals surface area (Å²) in [5.74, 6) is -0.823. The SMILES string of the molecule is C=C(C)c1ccc(C(C(=O)C(C)Cc2ccc(C(C)(C)C)cc2)C(C)C=O)cc1. The Morgan fingerprint density at radius 1 is 1.00 bits per heavy atom. The van der Waals surface area contributed by atoms with Crippen LogP contribution in [-0.4, -0.2) is 12.1 Å². The van der Waals surface area contributed by atoms with Gasteiger partial charge in [0, 0.05) is 11.8 Å². The van der Waals surface area contributed by atoms with E-state index in [1.807, 2.05) is 45.0 Å². The topological polar surface area (TPSA) is 34.1 Å². The van der Waals surface area contributed by atoms with Crippen LogP contribution in [0.1, 0.15) is 69.7 Å². The van der Waals surface area contributed by atoms with Crippen LogP contribution >= 0.6 is 0 Å². The molecule has 3 atom stereocenters. The number of ketones is 1. The third-order valence-corrected chi connectivity index (χ3v) is 5.66. The number of allylic oxidation sites excluding steroid dienone is 1. The summed E-state index contributed by atoms with van der Waals surface area (Å²) in [5.41, 5.74) is 5.47. The first-order chi connectivity index (χ1) is 13.5. The van der Waals surface area contributed by atoms with Crippen molar-refractivity contribution in [2.45, 2.75) is 59.3 Å². The van der Waals surface area contributed by atoms with Crippen molar-refractivity contribution in [3.05, 3.63) is 77.4 Å². The van der Waals surface area contributed by atoms with Crippen molar-refractivity contribution in [3.63, 3.8) is 0 Å². The zero-order valence-electron chi connectivity index (χ0n) is 18.7. The Hall–Kier alpha value is -2.48. The number of hydrogen-bond acceptors (Lipinski definition) is 2. The van der Waals surface area contributed by atoms with Crippen molar-refractivity contribution < 1.29 is 9.59 Å². The standard InChI is InChI=1S/C27H34O2/c1-18(2)22-10-12-23(13-11-22)25(20(4)17-28)26(29)19(3)16-21-8-14-24(15-9-21)27(5,6)7/h8-15,17,19-20,25H,1,16H2,2-7H3. The lowest BCUT2D eigenvalue weighted by Gasteiger charge is -2.24. The Balaban J connectivity index is 2.22. The van der Waals surface area contributed by atoms with Gasteiger partial charge in [0.1, 0.15) is 12.1 Å². The van der Waals surface area contributed by atoms with Crippen LogP contribution in [0, 0.1) is 11.8 Å². The maximum atomic E-state index is 13.3. The molecule has 0 fully saturated rings. The molecule has 154 valence electrons. The molecular weight excluding hydrogens is 356 g/mol. The number of carbonyl (C=O) groups excluding carboxylic acids is 2. The lowest BCUT2D eigenvalue weighted by atomic mass is 9.78. The lowest BCUT2D eigenvalue weighted by molar-refractivity contribution is -0.127. The molecule has 0 amide bonds. The van der Waals surface area contributed by atoms with Gasteiger partial charge in [-0.25, -0.2) is 0 Å². The molecule has 0 N–H and O–H groups in total. The predicted octanol–water partition coefficient (Wildman–Crippen LogP) is 6.38. The summed E-state index contributed by atoms with van der Waals surface area (Å²) in [4.78, 5) is 24.9. The molecular formula is C27H34O2. The summed E-state index contributed by atoms with van der Waals surface area (Å²) in [6.45, 7) is 16.3. The molecule has 2 heteroatoms. The van der Waals surface area contributed by atoms with E-state index in [-0.39, 0.29) is 23.0 Å². The quantitative estimate of drug-likeness (QED) is 0.490. The van der Waals surface area contributed by atoms with Crippen LogP contribution < -0.4 is 0 Å². The summed E-state index contributed by atoms with van der Waals surface area (Å²) in [6.07, 6.45) is 1.56. The predicted molar refractivity (Wildman–Crippen MR) is 122 cm³/mol. The second kappa shape index (κ2) is 9.35. The molecule has 0 aliphatic carbocycles. The minimum atomic E-state index is -0.421. The largest absolute Gasteiger partial charge is 0.303 e. The highest BCUT2D eigenvalue weighted by Gasteiger charge is 2.30. The van der Waals surface area contributed by atoms with E-state index in [0.29, 0.717) is 6.42 Å². The highest BCUT2D eigenvalue weighted by molar-refractivity contribution is 5.90. The van der Waals surface area contributed by atoms with Crippen LogP contribution in [0.3, 0.4) is 0 Å². The molecule has 0 radical (unpaired) electrons. The molecule has 29 heavy (non-hydrogen) atoms. The highest BCUT2D eigenvalue weighted by atomic mass is 16.1. The second-order valence-electron chi connectivity index (χ2n) is 9.33. The maximum Gasteiger partial charge on any atom is 0.144 e. The minimum absolute atomic E-state index is 0.112. The first-order valence-electron chi connectivity index (χ1n) is 10.4. The zero-order chi connectivity index (χ0) is 21.8. The molecule has 2 nitrogen and oxygen atoms in total. The lowest BCUT2D eigenvalue weighted by Crippen LogP contribution is -2.27. The number of Topliss-reactive ketones (excluding diaryl/α,β-unsaturated/α-hetero) is 1. The fourth-order valence-electron chi connectivity index (χ4n) is 3.68. The van der Waals surface area contributed by atoms with Gasteiger partial charge >= 0.3 is 0 Å². The summed E-state index contributed by atoms with van der Waals surface area (Å²) in [7, 11) is 0. The molecule has 2 aromatic rings. The number of rotatable bonds is 8. The number of hydrogen-bond donors (Lipinski definition) is 0. The smallest absolute Gasteiger partial charge is 0.144 e. The highest BCUT2D eigenvalue weighted by Crippen LogP contribution is 2.30.